The summed E-state index contributed by atoms with van der Waals surface area (Å²) in [7, 11) is 0. The van der Waals surface area contributed by atoms with Gasteiger partial charge in [0.1, 0.15) is 0 Å². The van der Waals surface area contributed by atoms with Gasteiger partial charge in [-0.05, 0) is 36.8 Å². The molecule has 0 atom stereocenters. The Labute approximate surface area is 179 Å². The van der Waals surface area contributed by atoms with Crippen LogP contribution in [0.15, 0.2) is 83.9 Å². The quantitative estimate of drug-likeness (QED) is 0.367. The molecule has 0 unspecified atom stereocenters. The van der Waals surface area contributed by atoms with Crippen molar-refractivity contribution in [1.82, 2.24) is 4.57 Å². The van der Waals surface area contributed by atoms with Gasteiger partial charge in [-0.2, -0.15) is 0 Å². The molecule has 0 aliphatic carbocycles. The Morgan fingerprint density at radius 1 is 1.00 bits per heavy atom. The second kappa shape index (κ2) is 8.76. The van der Waals surface area contributed by atoms with Crippen molar-refractivity contribution in [3.63, 3.8) is 0 Å². The number of aryl methyl sites for hydroxylation is 1. The van der Waals surface area contributed by atoms with E-state index in [1.807, 2.05) is 67.6 Å². The first kappa shape index (κ1) is 19.6. The fourth-order valence-electron chi connectivity index (χ4n) is 3.25. The van der Waals surface area contributed by atoms with Gasteiger partial charge in [0.2, 0.25) is 5.91 Å². The van der Waals surface area contributed by atoms with Gasteiger partial charge in [-0.1, -0.05) is 65.7 Å². The molecule has 0 aliphatic heterocycles. The van der Waals surface area contributed by atoms with Crippen LogP contribution in [0.2, 0.25) is 5.02 Å². The zero-order valence-electron chi connectivity index (χ0n) is 16.1. The fraction of sp³-hybridized carbons (Fsp3) is 0.125. The minimum atomic E-state index is -0.0122. The smallest absolute Gasteiger partial charge is 0.234 e. The predicted molar refractivity (Wildman–Crippen MR) is 123 cm³/mol. The Morgan fingerprint density at radius 3 is 2.52 bits per heavy atom. The zero-order chi connectivity index (χ0) is 20.2. The van der Waals surface area contributed by atoms with Crippen molar-refractivity contribution in [2.24, 2.45) is 0 Å². The Kier molecular flexibility index (Phi) is 5.93. The van der Waals surface area contributed by atoms with Crippen LogP contribution in [-0.4, -0.2) is 16.2 Å². The molecule has 1 heterocycles. The lowest BCUT2D eigenvalue weighted by molar-refractivity contribution is -0.113. The first-order chi connectivity index (χ1) is 14.1. The average molecular weight is 421 g/mol. The monoisotopic (exact) mass is 420 g/mol. The summed E-state index contributed by atoms with van der Waals surface area (Å²) >= 11 is 7.90. The minimum Gasteiger partial charge on any atom is -0.342 e. The maximum absolute atomic E-state index is 12.4. The number of nitrogens with zero attached hydrogens (tertiary/aromatic N) is 1. The number of anilines is 1. The summed E-state index contributed by atoms with van der Waals surface area (Å²) in [6, 6.07) is 24.0. The van der Waals surface area contributed by atoms with Crippen molar-refractivity contribution in [2.75, 3.05) is 11.1 Å². The highest BCUT2D eigenvalue weighted by atomic mass is 35.5. The van der Waals surface area contributed by atoms with Crippen LogP contribution in [-0.2, 0) is 11.3 Å². The number of aromatic nitrogens is 1. The number of carbonyl (C=O) groups excluding carboxylic acids is 1. The Balaban J connectivity index is 1.51. The standard InChI is InChI=1S/C24H21ClN2OS/c1-17-10-12-19(13-11-17)26-24(28)16-29-23-15-27(22-9-5-3-7-20(22)23)14-18-6-2-4-8-21(18)25/h2-13,15H,14,16H2,1H3,(H,26,28). The van der Waals surface area contributed by atoms with Crippen LogP contribution in [0, 0.1) is 6.92 Å². The molecule has 0 bridgehead atoms. The second-order valence-corrected chi connectivity index (χ2v) is 8.36. The zero-order valence-corrected chi connectivity index (χ0v) is 17.6. The molecule has 4 aromatic rings. The molecule has 0 aliphatic rings. The molecule has 3 aromatic carbocycles. The fourth-order valence-corrected chi connectivity index (χ4v) is 4.33. The molecule has 1 N–H and O–H groups in total. The van der Waals surface area contributed by atoms with Gasteiger partial charge in [0, 0.05) is 39.3 Å². The minimum absolute atomic E-state index is 0.0122. The van der Waals surface area contributed by atoms with Crippen molar-refractivity contribution in [1.29, 1.82) is 0 Å². The van der Waals surface area contributed by atoms with Crippen molar-refractivity contribution in [3.8, 4) is 0 Å². The lowest BCUT2D eigenvalue weighted by atomic mass is 10.2. The summed E-state index contributed by atoms with van der Waals surface area (Å²) in [4.78, 5) is 13.5. The van der Waals surface area contributed by atoms with Gasteiger partial charge in [0.05, 0.1) is 5.75 Å². The number of nitrogens with one attached hydrogen (secondary N) is 1. The van der Waals surface area contributed by atoms with Gasteiger partial charge in [-0.15, -0.1) is 11.8 Å². The van der Waals surface area contributed by atoms with Gasteiger partial charge < -0.3 is 9.88 Å². The Morgan fingerprint density at radius 2 is 1.72 bits per heavy atom. The first-order valence-electron chi connectivity index (χ1n) is 9.41. The van der Waals surface area contributed by atoms with E-state index in [9.17, 15) is 4.79 Å². The van der Waals surface area contributed by atoms with E-state index in [4.69, 9.17) is 11.6 Å². The van der Waals surface area contributed by atoms with Crippen LogP contribution >= 0.6 is 23.4 Å². The highest BCUT2D eigenvalue weighted by Crippen LogP contribution is 2.31. The van der Waals surface area contributed by atoms with Crippen LogP contribution in [0.25, 0.3) is 10.9 Å². The highest BCUT2D eigenvalue weighted by Gasteiger charge is 2.12. The third-order valence-corrected chi connectivity index (χ3v) is 6.16. The molecular formula is C24H21ClN2OS. The number of rotatable bonds is 6. The SMILES string of the molecule is Cc1ccc(NC(=O)CSc2cn(Cc3ccccc3Cl)c3ccccc23)cc1. The summed E-state index contributed by atoms with van der Waals surface area (Å²) in [5.74, 6) is 0.343. The number of hydrogen-bond donors (Lipinski definition) is 1. The molecule has 5 heteroatoms. The van der Waals surface area contributed by atoms with Gasteiger partial charge in [0.15, 0.2) is 0 Å². The molecular weight excluding hydrogens is 400 g/mol. The normalized spacial score (nSPS) is 11.0. The number of thioether (sulfide) groups is 1. The number of carbonyl (C=O) groups is 1. The summed E-state index contributed by atoms with van der Waals surface area (Å²) in [6.07, 6.45) is 2.11. The van der Waals surface area contributed by atoms with Crippen LogP contribution in [0.5, 0.6) is 0 Å². The summed E-state index contributed by atoms with van der Waals surface area (Å²) < 4.78 is 2.19. The van der Waals surface area contributed by atoms with E-state index in [0.717, 1.165) is 32.1 Å². The maximum atomic E-state index is 12.4. The second-order valence-electron chi connectivity index (χ2n) is 6.93. The summed E-state index contributed by atoms with van der Waals surface area (Å²) in [5, 5.41) is 4.86. The third-order valence-electron chi connectivity index (χ3n) is 4.74. The molecule has 4 rings (SSSR count). The largest absolute Gasteiger partial charge is 0.342 e. The van der Waals surface area contributed by atoms with E-state index in [1.165, 1.54) is 5.56 Å². The molecule has 0 saturated carbocycles. The number of benzene rings is 3. The van der Waals surface area contributed by atoms with Gasteiger partial charge in [-0.3, -0.25) is 4.79 Å². The van der Waals surface area contributed by atoms with E-state index in [2.05, 4.69) is 28.2 Å². The number of fused-ring (bicyclic) bond motifs is 1. The molecule has 0 saturated heterocycles. The molecule has 0 fully saturated rings. The molecule has 29 heavy (non-hydrogen) atoms. The topological polar surface area (TPSA) is 34.0 Å². The van der Waals surface area contributed by atoms with E-state index >= 15 is 0 Å². The van der Waals surface area contributed by atoms with Crippen molar-refractivity contribution in [3.05, 3.63) is 95.1 Å². The summed E-state index contributed by atoms with van der Waals surface area (Å²) in [5.41, 5.74) is 4.20. The molecule has 1 aromatic heterocycles. The number of para-hydroxylation sites is 1. The van der Waals surface area contributed by atoms with Gasteiger partial charge in [0.25, 0.3) is 0 Å². The molecule has 0 radical (unpaired) electrons. The number of hydrogen-bond acceptors (Lipinski definition) is 2. The summed E-state index contributed by atoms with van der Waals surface area (Å²) in [6.45, 7) is 2.72. The van der Waals surface area contributed by atoms with Gasteiger partial charge in [-0.25, -0.2) is 0 Å². The van der Waals surface area contributed by atoms with E-state index in [1.54, 1.807) is 11.8 Å². The Hall–Kier alpha value is -2.69. The molecule has 146 valence electrons. The van der Waals surface area contributed by atoms with Gasteiger partial charge >= 0.3 is 0 Å². The Bertz CT molecular complexity index is 1150. The van der Waals surface area contributed by atoms with Crippen molar-refractivity contribution in [2.45, 2.75) is 18.4 Å². The van der Waals surface area contributed by atoms with Crippen molar-refractivity contribution < 1.29 is 4.79 Å². The van der Waals surface area contributed by atoms with E-state index < -0.39 is 0 Å². The average Bonchev–Trinajstić information content (AvgIpc) is 3.08. The molecule has 0 spiro atoms. The van der Waals surface area contributed by atoms with Crippen LogP contribution in [0.3, 0.4) is 0 Å². The van der Waals surface area contributed by atoms with E-state index in [0.29, 0.717) is 12.3 Å². The highest BCUT2D eigenvalue weighted by molar-refractivity contribution is 8.00. The number of amides is 1. The first-order valence-corrected chi connectivity index (χ1v) is 10.8. The van der Waals surface area contributed by atoms with Crippen LogP contribution in [0.4, 0.5) is 5.69 Å². The maximum Gasteiger partial charge on any atom is 0.234 e. The molecule has 1 amide bonds. The van der Waals surface area contributed by atoms with Crippen molar-refractivity contribution >= 4 is 45.9 Å². The lowest BCUT2D eigenvalue weighted by Crippen LogP contribution is -2.13. The van der Waals surface area contributed by atoms with E-state index in [-0.39, 0.29) is 5.91 Å². The van der Waals surface area contributed by atoms with Crippen LogP contribution < -0.4 is 5.32 Å². The van der Waals surface area contributed by atoms with Crippen LogP contribution in [0.1, 0.15) is 11.1 Å². The number of halogens is 1. The lowest BCUT2D eigenvalue weighted by Gasteiger charge is -2.07. The predicted octanol–water partition coefficient (Wildman–Crippen LogP) is 6.38. The third kappa shape index (κ3) is 4.66. The molecule has 3 nitrogen and oxygen atoms in total.